The van der Waals surface area contributed by atoms with E-state index in [9.17, 15) is 0 Å². The van der Waals surface area contributed by atoms with Crippen molar-refractivity contribution in [1.82, 2.24) is 0 Å². The lowest BCUT2D eigenvalue weighted by Crippen LogP contribution is -2.08. The number of rotatable bonds is 3. The van der Waals surface area contributed by atoms with Crippen molar-refractivity contribution in [3.05, 3.63) is 47.5 Å². The summed E-state index contributed by atoms with van der Waals surface area (Å²) < 4.78 is 0. The third kappa shape index (κ3) is 2.68. The van der Waals surface area contributed by atoms with Gasteiger partial charge in [-0.3, -0.25) is 0 Å². The van der Waals surface area contributed by atoms with E-state index in [1.165, 1.54) is 0 Å². The van der Waals surface area contributed by atoms with Crippen molar-refractivity contribution in [3.63, 3.8) is 0 Å². The quantitative estimate of drug-likeness (QED) is 0.827. The van der Waals surface area contributed by atoms with E-state index in [1.54, 1.807) is 0 Å². The normalized spacial score (nSPS) is 10.2. The van der Waals surface area contributed by atoms with Crippen LogP contribution < -0.4 is 16.0 Å². The molecule has 0 spiro atoms. The first kappa shape index (κ1) is 12.6. The van der Waals surface area contributed by atoms with Crippen LogP contribution in [0.3, 0.4) is 0 Å². The van der Waals surface area contributed by atoms with Crippen LogP contribution >= 0.6 is 11.6 Å². The molecule has 0 aliphatic carbocycles. The summed E-state index contributed by atoms with van der Waals surface area (Å²) in [7, 11) is 4.01. The summed E-state index contributed by atoms with van der Waals surface area (Å²) in [5.41, 5.74) is 9.37. The van der Waals surface area contributed by atoms with Gasteiger partial charge in [0.1, 0.15) is 0 Å². The lowest BCUT2D eigenvalue weighted by Gasteiger charge is -2.15. The third-order valence-electron chi connectivity index (χ3n) is 2.68. The van der Waals surface area contributed by atoms with E-state index in [2.05, 4.69) is 5.32 Å². The van der Waals surface area contributed by atoms with Crippen LogP contribution in [0.2, 0.25) is 5.02 Å². The van der Waals surface area contributed by atoms with Gasteiger partial charge in [0.25, 0.3) is 0 Å². The van der Waals surface area contributed by atoms with Gasteiger partial charge in [0.05, 0.1) is 16.4 Å². The summed E-state index contributed by atoms with van der Waals surface area (Å²) >= 11 is 6.13. The van der Waals surface area contributed by atoms with Crippen LogP contribution in [0.15, 0.2) is 42.5 Å². The van der Waals surface area contributed by atoms with Crippen molar-refractivity contribution in [3.8, 4) is 0 Å². The summed E-state index contributed by atoms with van der Waals surface area (Å²) in [5, 5.41) is 3.87. The molecule has 3 N–H and O–H groups in total. The Hall–Kier alpha value is -1.87. The second-order valence-electron chi connectivity index (χ2n) is 4.27. The molecule has 0 radical (unpaired) electrons. The third-order valence-corrected chi connectivity index (χ3v) is 2.99. The number of hydrogen-bond acceptors (Lipinski definition) is 3. The van der Waals surface area contributed by atoms with Crippen LogP contribution in [0, 0.1) is 0 Å². The Morgan fingerprint density at radius 2 is 1.83 bits per heavy atom. The van der Waals surface area contributed by atoms with Gasteiger partial charge in [-0.1, -0.05) is 23.7 Å². The van der Waals surface area contributed by atoms with Crippen LogP contribution in [-0.4, -0.2) is 14.1 Å². The largest absolute Gasteiger partial charge is 0.397 e. The molecule has 0 saturated carbocycles. The molecule has 0 fully saturated rings. The average Bonchev–Trinajstić information content (AvgIpc) is 2.34. The van der Waals surface area contributed by atoms with Crippen molar-refractivity contribution >= 4 is 34.4 Å². The van der Waals surface area contributed by atoms with E-state index in [1.807, 2.05) is 61.5 Å². The minimum Gasteiger partial charge on any atom is -0.397 e. The number of anilines is 4. The summed E-state index contributed by atoms with van der Waals surface area (Å²) in [6.45, 7) is 0. The highest BCUT2D eigenvalue weighted by Crippen LogP contribution is 2.31. The molecule has 18 heavy (non-hydrogen) atoms. The van der Waals surface area contributed by atoms with Crippen molar-refractivity contribution in [2.75, 3.05) is 30.0 Å². The van der Waals surface area contributed by atoms with Crippen molar-refractivity contribution in [1.29, 1.82) is 0 Å². The number of halogens is 1. The Labute approximate surface area is 112 Å². The molecular weight excluding hydrogens is 246 g/mol. The number of hydrogen-bond donors (Lipinski definition) is 2. The van der Waals surface area contributed by atoms with Gasteiger partial charge in [-0.05, 0) is 30.3 Å². The minimum absolute atomic E-state index is 0.616. The second kappa shape index (κ2) is 5.19. The maximum atomic E-state index is 6.13. The summed E-state index contributed by atoms with van der Waals surface area (Å²) in [6, 6.07) is 13.5. The van der Waals surface area contributed by atoms with Crippen molar-refractivity contribution in [2.45, 2.75) is 0 Å². The van der Waals surface area contributed by atoms with Gasteiger partial charge >= 0.3 is 0 Å². The highest BCUT2D eigenvalue weighted by atomic mass is 35.5. The molecule has 0 saturated heterocycles. The zero-order valence-corrected chi connectivity index (χ0v) is 11.2. The Morgan fingerprint density at radius 1 is 1.11 bits per heavy atom. The Bertz CT molecular complexity index is 532. The lowest BCUT2D eigenvalue weighted by atomic mass is 10.2. The number of nitrogens with zero attached hydrogens (tertiary/aromatic N) is 1. The number of benzene rings is 2. The SMILES string of the molecule is CN(C)c1cccc(Nc2c(N)cccc2Cl)c1. The van der Waals surface area contributed by atoms with Gasteiger partial charge in [0, 0.05) is 25.5 Å². The number of nitrogens with one attached hydrogen (secondary N) is 1. The molecule has 94 valence electrons. The molecule has 4 heteroatoms. The number of nitrogen functional groups attached to an aromatic ring is 1. The standard InChI is InChI=1S/C14H16ClN3/c1-18(2)11-6-3-5-10(9-11)17-14-12(15)7-4-8-13(14)16/h3-9,17H,16H2,1-2H3. The minimum atomic E-state index is 0.616. The van der Waals surface area contributed by atoms with E-state index >= 15 is 0 Å². The Morgan fingerprint density at radius 3 is 2.50 bits per heavy atom. The molecule has 0 heterocycles. The predicted molar refractivity (Wildman–Crippen MR) is 79.9 cm³/mol. The molecule has 0 aromatic heterocycles. The van der Waals surface area contributed by atoms with E-state index in [0.29, 0.717) is 10.7 Å². The first-order valence-electron chi connectivity index (χ1n) is 5.66. The van der Waals surface area contributed by atoms with E-state index in [0.717, 1.165) is 17.1 Å². The Kier molecular flexibility index (Phi) is 3.63. The fourth-order valence-electron chi connectivity index (χ4n) is 1.68. The summed E-state index contributed by atoms with van der Waals surface area (Å²) in [6.07, 6.45) is 0. The molecule has 0 aliphatic heterocycles. The van der Waals surface area contributed by atoms with Gasteiger partial charge in [0.15, 0.2) is 0 Å². The van der Waals surface area contributed by atoms with Crippen LogP contribution in [0.1, 0.15) is 0 Å². The van der Waals surface area contributed by atoms with Gasteiger partial charge in [0.2, 0.25) is 0 Å². The van der Waals surface area contributed by atoms with Gasteiger partial charge in [-0.2, -0.15) is 0 Å². The van der Waals surface area contributed by atoms with Crippen LogP contribution in [0.5, 0.6) is 0 Å². The number of para-hydroxylation sites is 1. The van der Waals surface area contributed by atoms with Gasteiger partial charge in [-0.25, -0.2) is 0 Å². The van der Waals surface area contributed by atoms with E-state index in [-0.39, 0.29) is 0 Å². The van der Waals surface area contributed by atoms with Crippen molar-refractivity contribution in [2.24, 2.45) is 0 Å². The molecular formula is C14H16ClN3. The van der Waals surface area contributed by atoms with Crippen molar-refractivity contribution < 1.29 is 0 Å². The molecule has 3 nitrogen and oxygen atoms in total. The van der Waals surface area contributed by atoms with Gasteiger partial charge in [-0.15, -0.1) is 0 Å². The lowest BCUT2D eigenvalue weighted by molar-refractivity contribution is 1.13. The maximum Gasteiger partial charge on any atom is 0.0807 e. The first-order valence-corrected chi connectivity index (χ1v) is 6.04. The molecule has 0 bridgehead atoms. The maximum absolute atomic E-state index is 6.13. The molecule has 0 amide bonds. The van der Waals surface area contributed by atoms with Crippen LogP contribution in [0.25, 0.3) is 0 Å². The first-order chi connectivity index (χ1) is 8.58. The summed E-state index contributed by atoms with van der Waals surface area (Å²) in [4.78, 5) is 2.04. The summed E-state index contributed by atoms with van der Waals surface area (Å²) in [5.74, 6) is 0. The Balaban J connectivity index is 2.31. The van der Waals surface area contributed by atoms with Crippen LogP contribution in [-0.2, 0) is 0 Å². The smallest absolute Gasteiger partial charge is 0.0807 e. The fourth-order valence-corrected chi connectivity index (χ4v) is 1.91. The highest BCUT2D eigenvalue weighted by Gasteiger charge is 2.05. The zero-order chi connectivity index (χ0) is 13.1. The van der Waals surface area contributed by atoms with Gasteiger partial charge < -0.3 is 16.0 Å². The fraction of sp³-hybridized carbons (Fsp3) is 0.143. The van der Waals surface area contributed by atoms with Crippen LogP contribution in [0.4, 0.5) is 22.7 Å². The topological polar surface area (TPSA) is 41.3 Å². The highest BCUT2D eigenvalue weighted by molar-refractivity contribution is 6.34. The number of nitrogens with two attached hydrogens (primary N) is 1. The second-order valence-corrected chi connectivity index (χ2v) is 4.68. The molecule has 2 rings (SSSR count). The zero-order valence-electron chi connectivity index (χ0n) is 10.4. The van der Waals surface area contributed by atoms with E-state index in [4.69, 9.17) is 17.3 Å². The molecule has 0 unspecified atom stereocenters. The molecule has 0 aliphatic rings. The molecule has 0 atom stereocenters. The predicted octanol–water partition coefficient (Wildman–Crippen LogP) is 3.73. The molecule has 2 aromatic carbocycles. The molecule has 2 aromatic rings. The monoisotopic (exact) mass is 261 g/mol. The van der Waals surface area contributed by atoms with E-state index < -0.39 is 0 Å². The average molecular weight is 262 g/mol.